The summed E-state index contributed by atoms with van der Waals surface area (Å²) in [6.07, 6.45) is 1.45. The third-order valence-electron chi connectivity index (χ3n) is 2.43. The molecule has 0 spiro atoms. The van der Waals surface area contributed by atoms with Gasteiger partial charge in [-0.05, 0) is 24.3 Å². The lowest BCUT2D eigenvalue weighted by Gasteiger charge is -2.12. The third-order valence-corrected chi connectivity index (χ3v) is 2.43. The first-order valence-corrected chi connectivity index (χ1v) is 5.09. The van der Waals surface area contributed by atoms with E-state index >= 15 is 0 Å². The number of aromatic hydroxyl groups is 1. The molecule has 3 nitrogen and oxygen atoms in total. The van der Waals surface area contributed by atoms with Crippen molar-refractivity contribution in [2.24, 2.45) is 0 Å². The molecule has 2 rings (SSSR count). The summed E-state index contributed by atoms with van der Waals surface area (Å²) >= 11 is 0. The molecule has 0 aliphatic heterocycles. The number of aromatic nitrogens is 1. The van der Waals surface area contributed by atoms with Gasteiger partial charge in [-0.2, -0.15) is 0 Å². The van der Waals surface area contributed by atoms with Crippen molar-refractivity contribution in [1.82, 2.24) is 4.98 Å². The highest BCUT2D eigenvalue weighted by molar-refractivity contribution is 5.63. The zero-order valence-corrected chi connectivity index (χ0v) is 9.38. The van der Waals surface area contributed by atoms with Crippen LogP contribution in [0, 0.1) is 0 Å². The molecule has 82 valence electrons. The van der Waals surface area contributed by atoms with E-state index in [1.165, 1.54) is 6.20 Å². The van der Waals surface area contributed by atoms with Gasteiger partial charge in [0.1, 0.15) is 5.75 Å². The van der Waals surface area contributed by atoms with Gasteiger partial charge in [0.25, 0.3) is 0 Å². The summed E-state index contributed by atoms with van der Waals surface area (Å²) in [6, 6.07) is 11.6. The van der Waals surface area contributed by atoms with Crippen molar-refractivity contribution < 1.29 is 5.11 Å². The Morgan fingerprint density at radius 3 is 2.19 bits per heavy atom. The van der Waals surface area contributed by atoms with E-state index in [-0.39, 0.29) is 5.75 Å². The number of anilines is 1. The Morgan fingerprint density at radius 1 is 1.00 bits per heavy atom. The fourth-order valence-corrected chi connectivity index (χ4v) is 1.49. The predicted molar refractivity (Wildman–Crippen MR) is 65.7 cm³/mol. The molecule has 0 atom stereocenters. The zero-order chi connectivity index (χ0) is 11.5. The summed E-state index contributed by atoms with van der Waals surface area (Å²) in [5.74, 6) is 0.189. The number of hydrogen-bond acceptors (Lipinski definition) is 3. The van der Waals surface area contributed by atoms with Gasteiger partial charge in [-0.15, -0.1) is 0 Å². The van der Waals surface area contributed by atoms with Crippen LogP contribution in [0.2, 0.25) is 0 Å². The number of benzene rings is 1. The molecular weight excluding hydrogens is 200 g/mol. The van der Waals surface area contributed by atoms with E-state index in [1.54, 1.807) is 12.1 Å². The minimum atomic E-state index is 0.189. The van der Waals surface area contributed by atoms with Gasteiger partial charge in [0, 0.05) is 25.3 Å². The second kappa shape index (κ2) is 4.23. The highest BCUT2D eigenvalue weighted by Crippen LogP contribution is 2.21. The van der Waals surface area contributed by atoms with Gasteiger partial charge in [-0.3, -0.25) is 4.98 Å². The van der Waals surface area contributed by atoms with Crippen LogP contribution < -0.4 is 4.90 Å². The molecule has 1 N–H and O–H groups in total. The van der Waals surface area contributed by atoms with Gasteiger partial charge in [-0.1, -0.05) is 12.1 Å². The summed E-state index contributed by atoms with van der Waals surface area (Å²) in [5.41, 5.74) is 3.07. The maximum Gasteiger partial charge on any atom is 0.133 e. The first kappa shape index (κ1) is 10.5. The SMILES string of the molecule is CN(C)c1ccc(-c2ccc(O)cn2)cc1. The van der Waals surface area contributed by atoms with Gasteiger partial charge in [0.15, 0.2) is 0 Å². The van der Waals surface area contributed by atoms with E-state index in [2.05, 4.69) is 4.98 Å². The molecule has 2 aromatic rings. The number of rotatable bonds is 2. The summed E-state index contributed by atoms with van der Waals surface area (Å²) in [7, 11) is 4.02. The summed E-state index contributed by atoms with van der Waals surface area (Å²) in [6.45, 7) is 0. The molecule has 0 aliphatic carbocycles. The Bertz CT molecular complexity index is 460. The fraction of sp³-hybridized carbons (Fsp3) is 0.154. The van der Waals surface area contributed by atoms with Crippen molar-refractivity contribution in [3.8, 4) is 17.0 Å². The summed E-state index contributed by atoms with van der Waals surface area (Å²) < 4.78 is 0. The number of pyridine rings is 1. The largest absolute Gasteiger partial charge is 0.506 e. The smallest absolute Gasteiger partial charge is 0.133 e. The van der Waals surface area contributed by atoms with Crippen molar-refractivity contribution >= 4 is 5.69 Å². The maximum absolute atomic E-state index is 9.15. The van der Waals surface area contributed by atoms with Crippen LogP contribution in [-0.4, -0.2) is 24.2 Å². The minimum absolute atomic E-state index is 0.189. The zero-order valence-electron chi connectivity index (χ0n) is 9.38. The monoisotopic (exact) mass is 214 g/mol. The van der Waals surface area contributed by atoms with Gasteiger partial charge < -0.3 is 10.0 Å². The fourth-order valence-electron chi connectivity index (χ4n) is 1.49. The molecule has 0 bridgehead atoms. The lowest BCUT2D eigenvalue weighted by atomic mass is 10.1. The van der Waals surface area contributed by atoms with Crippen LogP contribution in [-0.2, 0) is 0 Å². The maximum atomic E-state index is 9.15. The molecule has 1 heterocycles. The van der Waals surface area contributed by atoms with Gasteiger partial charge in [0.05, 0.1) is 11.9 Å². The lowest BCUT2D eigenvalue weighted by Crippen LogP contribution is -2.07. The second-order valence-corrected chi connectivity index (χ2v) is 3.84. The number of nitrogens with zero attached hydrogens (tertiary/aromatic N) is 2. The average Bonchev–Trinajstić information content (AvgIpc) is 2.30. The molecule has 16 heavy (non-hydrogen) atoms. The van der Waals surface area contributed by atoms with Crippen LogP contribution in [0.1, 0.15) is 0 Å². The van der Waals surface area contributed by atoms with Crippen molar-refractivity contribution in [3.63, 3.8) is 0 Å². The van der Waals surface area contributed by atoms with E-state index in [4.69, 9.17) is 5.11 Å². The Hall–Kier alpha value is -2.03. The predicted octanol–water partition coefficient (Wildman–Crippen LogP) is 2.52. The Morgan fingerprint density at radius 2 is 1.69 bits per heavy atom. The third kappa shape index (κ3) is 2.14. The molecule has 0 saturated carbocycles. The Balaban J connectivity index is 2.31. The molecule has 1 aromatic heterocycles. The van der Waals surface area contributed by atoms with Crippen LogP contribution in [0.5, 0.6) is 5.75 Å². The molecule has 0 saturated heterocycles. The first-order chi connectivity index (χ1) is 7.66. The molecule has 1 aromatic carbocycles. The lowest BCUT2D eigenvalue weighted by molar-refractivity contribution is 0.473. The van der Waals surface area contributed by atoms with Gasteiger partial charge in [-0.25, -0.2) is 0 Å². The highest BCUT2D eigenvalue weighted by Gasteiger charge is 2.00. The van der Waals surface area contributed by atoms with Gasteiger partial charge >= 0.3 is 0 Å². The van der Waals surface area contributed by atoms with Crippen molar-refractivity contribution in [2.75, 3.05) is 19.0 Å². The summed E-state index contributed by atoms with van der Waals surface area (Å²) in [5, 5.41) is 9.15. The Kier molecular flexibility index (Phi) is 2.77. The standard InChI is InChI=1S/C13H14N2O/c1-15(2)11-5-3-10(4-6-11)13-8-7-12(16)9-14-13/h3-9,16H,1-2H3. The number of hydrogen-bond donors (Lipinski definition) is 1. The van der Waals surface area contributed by atoms with Crippen LogP contribution >= 0.6 is 0 Å². The Labute approximate surface area is 95.0 Å². The molecule has 0 fully saturated rings. The molecule has 0 unspecified atom stereocenters. The van der Waals surface area contributed by atoms with E-state index in [1.807, 2.05) is 43.3 Å². The van der Waals surface area contributed by atoms with Crippen molar-refractivity contribution in [3.05, 3.63) is 42.6 Å². The molecule has 0 radical (unpaired) electrons. The van der Waals surface area contributed by atoms with E-state index in [0.717, 1.165) is 16.9 Å². The average molecular weight is 214 g/mol. The highest BCUT2D eigenvalue weighted by atomic mass is 16.3. The minimum Gasteiger partial charge on any atom is -0.506 e. The molecule has 3 heteroatoms. The van der Waals surface area contributed by atoms with Crippen LogP contribution in [0.15, 0.2) is 42.6 Å². The van der Waals surface area contributed by atoms with Crippen LogP contribution in [0.3, 0.4) is 0 Å². The quantitative estimate of drug-likeness (QED) is 0.834. The normalized spacial score (nSPS) is 10.1. The topological polar surface area (TPSA) is 36.4 Å². The molecule has 0 aliphatic rings. The second-order valence-electron chi connectivity index (χ2n) is 3.84. The molecule has 0 amide bonds. The van der Waals surface area contributed by atoms with Crippen molar-refractivity contribution in [2.45, 2.75) is 0 Å². The van der Waals surface area contributed by atoms with Crippen LogP contribution in [0.4, 0.5) is 5.69 Å². The molecular formula is C13H14N2O. The van der Waals surface area contributed by atoms with Crippen LogP contribution in [0.25, 0.3) is 11.3 Å². The van der Waals surface area contributed by atoms with Gasteiger partial charge in [0.2, 0.25) is 0 Å². The van der Waals surface area contributed by atoms with E-state index < -0.39 is 0 Å². The van der Waals surface area contributed by atoms with Crippen molar-refractivity contribution in [1.29, 1.82) is 0 Å². The van der Waals surface area contributed by atoms with E-state index in [0.29, 0.717) is 0 Å². The first-order valence-electron chi connectivity index (χ1n) is 5.09. The summed E-state index contributed by atoms with van der Waals surface area (Å²) in [4.78, 5) is 6.21. The van der Waals surface area contributed by atoms with E-state index in [9.17, 15) is 0 Å².